The Bertz CT molecular complexity index is 361. The molecule has 1 fully saturated rings. The van der Waals surface area contributed by atoms with Crippen molar-refractivity contribution in [3.63, 3.8) is 0 Å². The van der Waals surface area contributed by atoms with Gasteiger partial charge in [0.1, 0.15) is 0 Å². The van der Waals surface area contributed by atoms with Crippen molar-refractivity contribution in [3.05, 3.63) is 18.0 Å². The third kappa shape index (κ3) is 2.89. The minimum atomic E-state index is 0.453. The zero-order valence-corrected chi connectivity index (χ0v) is 11.5. The predicted molar refractivity (Wildman–Crippen MR) is 70.8 cm³/mol. The molecular weight excluding hydrogens is 210 g/mol. The molecule has 1 aromatic heterocycles. The molecule has 1 N–H and O–H groups in total. The minimum Gasteiger partial charge on any atom is -0.311 e. The van der Waals surface area contributed by atoms with E-state index in [0.717, 1.165) is 24.7 Å². The van der Waals surface area contributed by atoms with Crippen molar-refractivity contribution < 1.29 is 0 Å². The summed E-state index contributed by atoms with van der Waals surface area (Å²) in [6.45, 7) is 11.0. The van der Waals surface area contributed by atoms with E-state index in [1.807, 2.05) is 4.68 Å². The summed E-state index contributed by atoms with van der Waals surface area (Å²) in [4.78, 5) is 0. The van der Waals surface area contributed by atoms with Gasteiger partial charge in [0.2, 0.25) is 0 Å². The first-order valence-corrected chi connectivity index (χ1v) is 6.78. The number of hydrogen-bond donors (Lipinski definition) is 1. The number of rotatable bonds is 6. The van der Waals surface area contributed by atoms with E-state index in [1.54, 1.807) is 0 Å². The maximum absolute atomic E-state index is 4.55. The quantitative estimate of drug-likeness (QED) is 0.821. The van der Waals surface area contributed by atoms with Gasteiger partial charge in [-0.25, -0.2) is 0 Å². The Labute approximate surface area is 105 Å². The number of hydrogen-bond acceptors (Lipinski definition) is 2. The van der Waals surface area contributed by atoms with Crippen molar-refractivity contribution in [1.29, 1.82) is 0 Å². The summed E-state index contributed by atoms with van der Waals surface area (Å²) < 4.78 is 2.02. The lowest BCUT2D eigenvalue weighted by Crippen LogP contribution is -2.27. The second-order valence-electron chi connectivity index (χ2n) is 6.00. The molecule has 96 valence electrons. The Balaban J connectivity index is 1.78. The highest BCUT2D eigenvalue weighted by atomic mass is 15.3. The standard InChI is InChI=1S/C14H25N3/c1-11(2)14(6-7-14)10-15-9-13-5-8-17(16-13)12(3)4/h5,8,11-12,15H,6-7,9-10H2,1-4H3. The third-order valence-electron chi connectivity index (χ3n) is 4.09. The Morgan fingerprint density at radius 2 is 2.06 bits per heavy atom. The fourth-order valence-corrected chi connectivity index (χ4v) is 2.32. The van der Waals surface area contributed by atoms with Crippen LogP contribution in [0, 0.1) is 11.3 Å². The van der Waals surface area contributed by atoms with Crippen molar-refractivity contribution in [2.75, 3.05) is 6.54 Å². The second kappa shape index (κ2) is 4.81. The Hall–Kier alpha value is -0.830. The van der Waals surface area contributed by atoms with Crippen LogP contribution >= 0.6 is 0 Å². The molecule has 0 saturated heterocycles. The molecular formula is C14H25N3. The molecule has 1 aliphatic rings. The van der Waals surface area contributed by atoms with Gasteiger partial charge in [0.15, 0.2) is 0 Å². The lowest BCUT2D eigenvalue weighted by molar-refractivity contribution is 0.336. The fraction of sp³-hybridized carbons (Fsp3) is 0.786. The Kier molecular flexibility index (Phi) is 3.57. The summed E-state index contributed by atoms with van der Waals surface area (Å²) in [5.41, 5.74) is 1.74. The van der Waals surface area contributed by atoms with E-state index in [-0.39, 0.29) is 0 Å². The lowest BCUT2D eigenvalue weighted by Gasteiger charge is -2.19. The normalized spacial score (nSPS) is 18.0. The molecule has 0 unspecified atom stereocenters. The molecule has 1 aromatic rings. The predicted octanol–water partition coefficient (Wildman–Crippen LogP) is 2.99. The molecule has 3 heteroatoms. The summed E-state index contributed by atoms with van der Waals surface area (Å²) >= 11 is 0. The number of nitrogens with zero attached hydrogens (tertiary/aromatic N) is 2. The van der Waals surface area contributed by atoms with Gasteiger partial charge in [-0.1, -0.05) is 13.8 Å². The van der Waals surface area contributed by atoms with Gasteiger partial charge in [0, 0.05) is 25.3 Å². The average Bonchev–Trinajstić information content (AvgIpc) is 2.89. The first-order chi connectivity index (χ1) is 8.03. The molecule has 0 aliphatic heterocycles. The van der Waals surface area contributed by atoms with Crippen molar-refractivity contribution in [2.24, 2.45) is 11.3 Å². The highest BCUT2D eigenvalue weighted by Crippen LogP contribution is 2.51. The van der Waals surface area contributed by atoms with Crippen LogP contribution in [-0.2, 0) is 6.54 Å². The minimum absolute atomic E-state index is 0.453. The summed E-state index contributed by atoms with van der Waals surface area (Å²) in [6.07, 6.45) is 4.84. The maximum Gasteiger partial charge on any atom is 0.0762 e. The van der Waals surface area contributed by atoms with Gasteiger partial charge in [-0.2, -0.15) is 5.10 Å². The van der Waals surface area contributed by atoms with Crippen molar-refractivity contribution >= 4 is 0 Å². The van der Waals surface area contributed by atoms with Crippen LogP contribution in [0.4, 0.5) is 0 Å². The van der Waals surface area contributed by atoms with E-state index >= 15 is 0 Å². The molecule has 2 rings (SSSR count). The zero-order valence-electron chi connectivity index (χ0n) is 11.5. The molecule has 0 aromatic carbocycles. The molecule has 0 atom stereocenters. The summed E-state index contributed by atoms with van der Waals surface area (Å²) in [5.74, 6) is 0.795. The van der Waals surface area contributed by atoms with Crippen LogP contribution < -0.4 is 5.32 Å². The zero-order chi connectivity index (χ0) is 12.5. The van der Waals surface area contributed by atoms with Crippen LogP contribution in [0.3, 0.4) is 0 Å². The van der Waals surface area contributed by atoms with Crippen LogP contribution in [0.2, 0.25) is 0 Å². The van der Waals surface area contributed by atoms with E-state index in [1.165, 1.54) is 12.8 Å². The van der Waals surface area contributed by atoms with Gasteiger partial charge in [0.25, 0.3) is 0 Å². The lowest BCUT2D eigenvalue weighted by atomic mass is 9.92. The topological polar surface area (TPSA) is 29.9 Å². The third-order valence-corrected chi connectivity index (χ3v) is 4.09. The highest BCUT2D eigenvalue weighted by molar-refractivity contribution is 5.01. The van der Waals surface area contributed by atoms with Gasteiger partial charge < -0.3 is 5.32 Å². The molecule has 1 aliphatic carbocycles. The Morgan fingerprint density at radius 3 is 2.53 bits per heavy atom. The van der Waals surface area contributed by atoms with Crippen LogP contribution in [0.1, 0.15) is 52.3 Å². The monoisotopic (exact) mass is 235 g/mol. The van der Waals surface area contributed by atoms with E-state index in [0.29, 0.717) is 11.5 Å². The maximum atomic E-state index is 4.55. The SMILES string of the molecule is CC(C)n1ccc(CNCC2(C(C)C)CC2)n1. The van der Waals surface area contributed by atoms with Crippen molar-refractivity contribution in [3.8, 4) is 0 Å². The second-order valence-corrected chi connectivity index (χ2v) is 6.00. The molecule has 1 saturated carbocycles. The number of nitrogens with one attached hydrogen (secondary N) is 1. The highest BCUT2D eigenvalue weighted by Gasteiger charge is 2.44. The smallest absolute Gasteiger partial charge is 0.0762 e. The summed E-state index contributed by atoms with van der Waals surface area (Å²) in [5, 5.41) is 8.11. The van der Waals surface area contributed by atoms with E-state index in [9.17, 15) is 0 Å². The first-order valence-electron chi connectivity index (χ1n) is 6.78. The van der Waals surface area contributed by atoms with Crippen LogP contribution in [0.15, 0.2) is 12.3 Å². The average molecular weight is 235 g/mol. The van der Waals surface area contributed by atoms with Gasteiger partial charge in [0.05, 0.1) is 5.69 Å². The molecule has 17 heavy (non-hydrogen) atoms. The molecule has 0 bridgehead atoms. The summed E-state index contributed by atoms with van der Waals surface area (Å²) in [6, 6.07) is 2.57. The van der Waals surface area contributed by atoms with E-state index in [2.05, 4.69) is 50.4 Å². The number of aromatic nitrogens is 2. The van der Waals surface area contributed by atoms with Crippen molar-refractivity contribution in [1.82, 2.24) is 15.1 Å². The van der Waals surface area contributed by atoms with Gasteiger partial charge in [-0.05, 0) is 44.1 Å². The molecule has 3 nitrogen and oxygen atoms in total. The molecule has 0 radical (unpaired) electrons. The van der Waals surface area contributed by atoms with E-state index < -0.39 is 0 Å². The fourth-order valence-electron chi connectivity index (χ4n) is 2.32. The van der Waals surface area contributed by atoms with Gasteiger partial charge >= 0.3 is 0 Å². The van der Waals surface area contributed by atoms with E-state index in [4.69, 9.17) is 0 Å². The van der Waals surface area contributed by atoms with Crippen LogP contribution in [0.5, 0.6) is 0 Å². The van der Waals surface area contributed by atoms with Gasteiger partial charge in [-0.3, -0.25) is 4.68 Å². The first kappa shape index (κ1) is 12.6. The van der Waals surface area contributed by atoms with Crippen LogP contribution in [-0.4, -0.2) is 16.3 Å². The van der Waals surface area contributed by atoms with Crippen LogP contribution in [0.25, 0.3) is 0 Å². The van der Waals surface area contributed by atoms with Gasteiger partial charge in [-0.15, -0.1) is 0 Å². The molecule has 1 heterocycles. The Morgan fingerprint density at radius 1 is 1.35 bits per heavy atom. The largest absolute Gasteiger partial charge is 0.311 e. The molecule has 0 spiro atoms. The summed E-state index contributed by atoms with van der Waals surface area (Å²) in [7, 11) is 0. The molecule has 0 amide bonds. The van der Waals surface area contributed by atoms with Crippen molar-refractivity contribution in [2.45, 2.75) is 53.1 Å².